The molecule has 148 valence electrons. The molecule has 0 bridgehead atoms. The Labute approximate surface area is 166 Å². The summed E-state index contributed by atoms with van der Waals surface area (Å²) in [6, 6.07) is 3.25. The number of nitrogens with two attached hydrogens (primary N) is 1. The zero-order chi connectivity index (χ0) is 20.1. The second-order valence-corrected chi connectivity index (χ2v) is 8.46. The predicted octanol–water partition coefficient (Wildman–Crippen LogP) is 3.33. The standard InChI is InChI=1S/C18H25ClN4O3S/c1-4-5-9-23-15(20)14(16(24)21-18(23)26)22(10-8-11(2)3)17(25)12-6-7-13(19)27-12/h6-7,11H,4-5,8-10,20H2,1-3H3,(H,21,24,26). The highest BCUT2D eigenvalue weighted by Crippen LogP contribution is 2.26. The summed E-state index contributed by atoms with van der Waals surface area (Å²) >= 11 is 7.10. The molecule has 0 aromatic carbocycles. The molecule has 0 unspecified atom stereocenters. The van der Waals surface area contributed by atoms with Crippen LogP contribution in [-0.2, 0) is 6.54 Å². The van der Waals surface area contributed by atoms with Gasteiger partial charge >= 0.3 is 5.69 Å². The highest BCUT2D eigenvalue weighted by atomic mass is 35.5. The van der Waals surface area contributed by atoms with Crippen molar-refractivity contribution in [1.29, 1.82) is 0 Å². The summed E-state index contributed by atoms with van der Waals surface area (Å²) in [6.07, 6.45) is 2.28. The Morgan fingerprint density at radius 3 is 2.63 bits per heavy atom. The maximum atomic E-state index is 13.1. The summed E-state index contributed by atoms with van der Waals surface area (Å²) in [7, 11) is 0. The second-order valence-electron chi connectivity index (χ2n) is 6.74. The number of thiophene rings is 1. The number of H-pyrrole nitrogens is 1. The first-order valence-corrected chi connectivity index (χ1v) is 10.2. The SMILES string of the molecule is CCCCn1c(N)c(N(CCC(C)C)C(=O)c2ccc(Cl)s2)c(=O)[nH]c1=O. The van der Waals surface area contributed by atoms with Gasteiger partial charge in [-0.15, -0.1) is 11.3 Å². The number of hydrogen-bond donors (Lipinski definition) is 2. The molecule has 0 saturated heterocycles. The van der Waals surface area contributed by atoms with Crippen LogP contribution in [0, 0.1) is 5.92 Å². The van der Waals surface area contributed by atoms with Gasteiger partial charge in [0.15, 0.2) is 5.69 Å². The summed E-state index contributed by atoms with van der Waals surface area (Å²) in [4.78, 5) is 41.8. The van der Waals surface area contributed by atoms with Gasteiger partial charge in [0.25, 0.3) is 11.5 Å². The van der Waals surface area contributed by atoms with Crippen molar-refractivity contribution in [2.75, 3.05) is 17.2 Å². The van der Waals surface area contributed by atoms with E-state index < -0.39 is 11.2 Å². The van der Waals surface area contributed by atoms with E-state index in [1.165, 1.54) is 9.47 Å². The molecular formula is C18H25ClN4O3S. The number of halogens is 1. The fraction of sp³-hybridized carbons (Fsp3) is 0.500. The number of carbonyl (C=O) groups is 1. The monoisotopic (exact) mass is 412 g/mol. The average Bonchev–Trinajstić information content (AvgIpc) is 3.03. The molecule has 3 N–H and O–H groups in total. The number of unbranched alkanes of at least 4 members (excludes halogenated alkanes) is 1. The van der Waals surface area contributed by atoms with E-state index in [0.29, 0.717) is 34.6 Å². The van der Waals surface area contributed by atoms with Crippen molar-refractivity contribution in [3.8, 4) is 0 Å². The maximum Gasteiger partial charge on any atom is 0.330 e. The second kappa shape index (κ2) is 9.23. The lowest BCUT2D eigenvalue weighted by molar-refractivity contribution is 0.0989. The van der Waals surface area contributed by atoms with Crippen LogP contribution in [0.2, 0.25) is 4.34 Å². The van der Waals surface area contributed by atoms with Crippen LogP contribution in [0.15, 0.2) is 21.7 Å². The van der Waals surface area contributed by atoms with Crippen molar-refractivity contribution in [3.63, 3.8) is 0 Å². The van der Waals surface area contributed by atoms with Gasteiger partial charge in [-0.1, -0.05) is 38.8 Å². The summed E-state index contributed by atoms with van der Waals surface area (Å²) in [6.45, 7) is 6.74. The van der Waals surface area contributed by atoms with Crippen molar-refractivity contribution in [2.24, 2.45) is 5.92 Å². The van der Waals surface area contributed by atoms with E-state index in [0.717, 1.165) is 24.2 Å². The fourth-order valence-corrected chi connectivity index (χ4v) is 3.63. The van der Waals surface area contributed by atoms with Crippen molar-refractivity contribution in [1.82, 2.24) is 9.55 Å². The molecule has 27 heavy (non-hydrogen) atoms. The zero-order valence-corrected chi connectivity index (χ0v) is 17.3. The fourth-order valence-electron chi connectivity index (χ4n) is 2.64. The van der Waals surface area contributed by atoms with Crippen LogP contribution < -0.4 is 21.9 Å². The van der Waals surface area contributed by atoms with E-state index in [4.69, 9.17) is 17.3 Å². The van der Waals surface area contributed by atoms with E-state index in [2.05, 4.69) is 4.98 Å². The molecule has 0 aliphatic rings. The van der Waals surface area contributed by atoms with E-state index >= 15 is 0 Å². The van der Waals surface area contributed by atoms with Gasteiger partial charge < -0.3 is 5.73 Å². The van der Waals surface area contributed by atoms with E-state index in [1.54, 1.807) is 12.1 Å². The van der Waals surface area contributed by atoms with Crippen molar-refractivity contribution < 1.29 is 4.79 Å². The Balaban J connectivity index is 2.56. The van der Waals surface area contributed by atoms with Crippen LogP contribution in [0.4, 0.5) is 11.5 Å². The topological polar surface area (TPSA) is 101 Å². The quantitative estimate of drug-likeness (QED) is 0.694. The maximum absolute atomic E-state index is 13.1. The van der Waals surface area contributed by atoms with Crippen LogP contribution in [0.3, 0.4) is 0 Å². The lowest BCUT2D eigenvalue weighted by Gasteiger charge is -2.24. The Hall–Kier alpha value is -2.06. The number of nitrogens with zero attached hydrogens (tertiary/aromatic N) is 2. The molecule has 0 spiro atoms. The van der Waals surface area contributed by atoms with E-state index in [1.807, 2.05) is 20.8 Å². The third-order valence-corrected chi connectivity index (χ3v) is 5.40. The van der Waals surface area contributed by atoms with Crippen molar-refractivity contribution >= 4 is 40.4 Å². The third-order valence-electron chi connectivity index (χ3n) is 4.18. The smallest absolute Gasteiger partial charge is 0.330 e. The number of anilines is 2. The van der Waals surface area contributed by atoms with Gasteiger partial charge in [0.1, 0.15) is 5.82 Å². The third kappa shape index (κ3) is 5.01. The highest BCUT2D eigenvalue weighted by molar-refractivity contribution is 7.18. The number of carbonyl (C=O) groups excluding carboxylic acids is 1. The van der Waals surface area contributed by atoms with Gasteiger partial charge in [0.2, 0.25) is 0 Å². The lowest BCUT2D eigenvalue weighted by atomic mass is 10.1. The molecule has 1 amide bonds. The first kappa shape index (κ1) is 21.2. The number of aromatic nitrogens is 2. The first-order valence-electron chi connectivity index (χ1n) is 8.96. The van der Waals surface area contributed by atoms with Crippen molar-refractivity contribution in [2.45, 2.75) is 46.6 Å². The summed E-state index contributed by atoms with van der Waals surface area (Å²) < 4.78 is 1.80. The van der Waals surface area contributed by atoms with Crippen LogP contribution in [-0.4, -0.2) is 22.0 Å². The van der Waals surface area contributed by atoms with Crippen molar-refractivity contribution in [3.05, 3.63) is 42.2 Å². The average molecular weight is 413 g/mol. The molecule has 2 heterocycles. The van der Waals surface area contributed by atoms with Gasteiger partial charge in [-0.25, -0.2) is 4.79 Å². The molecule has 0 aliphatic carbocycles. The normalized spacial score (nSPS) is 11.1. The molecule has 2 aromatic heterocycles. The Morgan fingerprint density at radius 2 is 2.07 bits per heavy atom. The van der Waals surface area contributed by atoms with E-state index in [-0.39, 0.29) is 17.4 Å². The molecule has 9 heteroatoms. The number of aromatic amines is 1. The summed E-state index contributed by atoms with van der Waals surface area (Å²) in [5.41, 5.74) is 4.97. The number of nitrogen functional groups attached to an aromatic ring is 1. The molecule has 0 saturated carbocycles. The summed E-state index contributed by atoms with van der Waals surface area (Å²) in [5.74, 6) is -0.0269. The molecule has 2 aromatic rings. The number of hydrogen-bond acceptors (Lipinski definition) is 5. The first-order chi connectivity index (χ1) is 12.8. The number of amides is 1. The van der Waals surface area contributed by atoms with Gasteiger partial charge in [0, 0.05) is 13.1 Å². The lowest BCUT2D eigenvalue weighted by Crippen LogP contribution is -2.41. The minimum atomic E-state index is -0.662. The molecule has 0 aliphatic heterocycles. The minimum absolute atomic E-state index is 0.0111. The molecule has 7 nitrogen and oxygen atoms in total. The Kier molecular flexibility index (Phi) is 7.26. The molecular weight excluding hydrogens is 388 g/mol. The highest BCUT2D eigenvalue weighted by Gasteiger charge is 2.26. The van der Waals surface area contributed by atoms with Crippen LogP contribution in [0.25, 0.3) is 0 Å². The molecule has 0 atom stereocenters. The minimum Gasteiger partial charge on any atom is -0.383 e. The van der Waals surface area contributed by atoms with Gasteiger partial charge in [0.05, 0.1) is 9.21 Å². The van der Waals surface area contributed by atoms with E-state index in [9.17, 15) is 14.4 Å². The van der Waals surface area contributed by atoms with Crippen LogP contribution in [0.1, 0.15) is 49.7 Å². The van der Waals surface area contributed by atoms with Gasteiger partial charge in [-0.3, -0.25) is 24.0 Å². The van der Waals surface area contributed by atoms with Crippen LogP contribution in [0.5, 0.6) is 0 Å². The predicted molar refractivity (Wildman–Crippen MR) is 111 cm³/mol. The number of rotatable bonds is 8. The van der Waals surface area contributed by atoms with Gasteiger partial charge in [-0.05, 0) is 30.9 Å². The Morgan fingerprint density at radius 1 is 1.37 bits per heavy atom. The molecule has 0 fully saturated rings. The Bertz CT molecular complexity index is 916. The molecule has 0 radical (unpaired) electrons. The summed E-state index contributed by atoms with van der Waals surface area (Å²) in [5, 5.41) is 0. The van der Waals surface area contributed by atoms with Crippen LogP contribution >= 0.6 is 22.9 Å². The van der Waals surface area contributed by atoms with Gasteiger partial charge in [-0.2, -0.15) is 0 Å². The largest absolute Gasteiger partial charge is 0.383 e. The zero-order valence-electron chi connectivity index (χ0n) is 15.8. The molecule has 2 rings (SSSR count). The number of nitrogens with one attached hydrogen (secondary N) is 1.